The Kier molecular flexibility index (Phi) is 13.2. The molecule has 0 saturated carbocycles. The van der Waals surface area contributed by atoms with Gasteiger partial charge in [0, 0.05) is 24.2 Å². The summed E-state index contributed by atoms with van der Waals surface area (Å²) in [6.07, 6.45) is 1.74. The van der Waals surface area contributed by atoms with E-state index in [0.29, 0.717) is 37.1 Å². The van der Waals surface area contributed by atoms with Crippen LogP contribution in [-0.2, 0) is 19.2 Å². The molecule has 0 fully saturated rings. The van der Waals surface area contributed by atoms with Crippen LogP contribution in [0.15, 0.2) is 24.3 Å². The summed E-state index contributed by atoms with van der Waals surface area (Å²) in [7, 11) is 0. The highest BCUT2D eigenvalue weighted by atomic mass is 16.2. The van der Waals surface area contributed by atoms with E-state index in [1.807, 2.05) is 55.4 Å². The van der Waals surface area contributed by atoms with Crippen molar-refractivity contribution in [3.63, 3.8) is 0 Å². The van der Waals surface area contributed by atoms with Crippen molar-refractivity contribution >= 4 is 35.0 Å². The molecule has 0 unspecified atom stereocenters. The summed E-state index contributed by atoms with van der Waals surface area (Å²) in [6, 6.07) is 5.55. The summed E-state index contributed by atoms with van der Waals surface area (Å²) in [6.45, 7) is 15.8. The summed E-state index contributed by atoms with van der Waals surface area (Å²) < 4.78 is 0. The van der Waals surface area contributed by atoms with Gasteiger partial charge in [-0.15, -0.1) is 0 Å². The molecule has 0 heterocycles. The molecule has 1 rings (SSSR count). The Hall–Kier alpha value is -2.90. The summed E-state index contributed by atoms with van der Waals surface area (Å²) in [5.41, 5.74) is 1.02. The number of hydrogen-bond donors (Lipinski definition) is 4. The molecule has 0 aliphatic rings. The van der Waals surface area contributed by atoms with Gasteiger partial charge in [-0.2, -0.15) is 0 Å². The van der Waals surface area contributed by atoms with Gasteiger partial charge in [0.15, 0.2) is 0 Å². The van der Waals surface area contributed by atoms with Crippen molar-refractivity contribution in [2.75, 3.05) is 10.6 Å². The molecule has 0 aliphatic carbocycles. The number of rotatable bonds is 14. The normalized spacial score (nSPS) is 13.0. The Morgan fingerprint density at radius 1 is 0.611 bits per heavy atom. The lowest BCUT2D eigenvalue weighted by molar-refractivity contribution is -0.127. The van der Waals surface area contributed by atoms with Crippen LogP contribution in [0, 0.1) is 23.7 Å². The molecular formula is C28H46N4O4. The molecule has 0 aromatic heterocycles. The number of carbonyl (C=O) groups is 4. The average molecular weight is 503 g/mol. The molecule has 0 spiro atoms. The van der Waals surface area contributed by atoms with Crippen LogP contribution in [-0.4, -0.2) is 35.7 Å². The average Bonchev–Trinajstić information content (AvgIpc) is 2.71. The first kappa shape index (κ1) is 31.1. The first-order valence-electron chi connectivity index (χ1n) is 13.1. The zero-order chi connectivity index (χ0) is 27.4. The number of hydrogen-bond acceptors (Lipinski definition) is 4. The first-order chi connectivity index (χ1) is 16.8. The van der Waals surface area contributed by atoms with Crippen molar-refractivity contribution in [1.29, 1.82) is 0 Å². The predicted octanol–water partition coefficient (Wildman–Crippen LogP) is 4.72. The molecule has 1 aromatic carbocycles. The Morgan fingerprint density at radius 3 is 1.28 bits per heavy atom. The van der Waals surface area contributed by atoms with Gasteiger partial charge in [-0.05, 0) is 54.7 Å². The van der Waals surface area contributed by atoms with Crippen molar-refractivity contribution in [3.05, 3.63) is 24.3 Å². The second-order valence-corrected chi connectivity index (χ2v) is 11.3. The molecule has 1 aromatic rings. The largest absolute Gasteiger partial charge is 0.344 e. The van der Waals surface area contributed by atoms with Crippen molar-refractivity contribution in [2.24, 2.45) is 23.7 Å². The summed E-state index contributed by atoms with van der Waals surface area (Å²) in [4.78, 5) is 50.5. The fourth-order valence-electron chi connectivity index (χ4n) is 3.79. The van der Waals surface area contributed by atoms with Crippen LogP contribution >= 0.6 is 0 Å². The third-order valence-electron chi connectivity index (χ3n) is 5.30. The van der Waals surface area contributed by atoms with Gasteiger partial charge in [0.05, 0.1) is 0 Å². The third-order valence-corrected chi connectivity index (χ3v) is 5.30. The van der Waals surface area contributed by atoms with Crippen LogP contribution < -0.4 is 21.3 Å². The maximum Gasteiger partial charge on any atom is 0.246 e. The standard InChI is InChI=1S/C28H46N4O4/c1-17(2)12-23(31-25(33)14-19(5)6)27(35)29-21-10-9-11-22(16-21)30-28(36)24(13-18(3)4)32-26(34)15-20(7)8/h9-11,16-20,23-24H,12-15H2,1-8H3,(H,29,35)(H,30,36)(H,31,33)(H,32,34)/t23-,24-/m0/s1. The zero-order valence-electron chi connectivity index (χ0n) is 23.2. The molecule has 202 valence electrons. The lowest BCUT2D eigenvalue weighted by Gasteiger charge is -2.22. The molecule has 8 nitrogen and oxygen atoms in total. The molecule has 4 N–H and O–H groups in total. The minimum absolute atomic E-state index is 0.150. The van der Waals surface area contributed by atoms with Crippen LogP contribution in [0.5, 0.6) is 0 Å². The van der Waals surface area contributed by atoms with Crippen LogP contribution in [0.25, 0.3) is 0 Å². The van der Waals surface area contributed by atoms with Crippen LogP contribution in [0.4, 0.5) is 11.4 Å². The predicted molar refractivity (Wildman–Crippen MR) is 145 cm³/mol. The number of carbonyl (C=O) groups excluding carboxylic acids is 4. The SMILES string of the molecule is CC(C)CC(=O)N[C@@H](CC(C)C)C(=O)Nc1cccc(NC(=O)[C@H](CC(C)C)NC(=O)CC(C)C)c1. The van der Waals surface area contributed by atoms with E-state index in [1.165, 1.54) is 0 Å². The van der Waals surface area contributed by atoms with E-state index in [-0.39, 0.29) is 47.3 Å². The maximum absolute atomic E-state index is 13.0. The maximum atomic E-state index is 13.0. The number of benzene rings is 1. The molecule has 4 amide bonds. The molecule has 0 aliphatic heterocycles. The zero-order valence-corrected chi connectivity index (χ0v) is 23.2. The number of amides is 4. The second kappa shape index (κ2) is 15.3. The van der Waals surface area contributed by atoms with Gasteiger partial charge in [-0.3, -0.25) is 19.2 Å². The highest BCUT2D eigenvalue weighted by Gasteiger charge is 2.24. The van der Waals surface area contributed by atoms with Gasteiger partial charge in [0.25, 0.3) is 0 Å². The summed E-state index contributed by atoms with van der Waals surface area (Å²) >= 11 is 0. The minimum atomic E-state index is -0.652. The smallest absolute Gasteiger partial charge is 0.246 e. The lowest BCUT2D eigenvalue weighted by Crippen LogP contribution is -2.45. The monoisotopic (exact) mass is 502 g/mol. The fourth-order valence-corrected chi connectivity index (χ4v) is 3.79. The van der Waals surface area contributed by atoms with Gasteiger partial charge in [-0.25, -0.2) is 0 Å². The van der Waals surface area contributed by atoms with E-state index in [9.17, 15) is 19.2 Å². The quantitative estimate of drug-likeness (QED) is 0.295. The van der Waals surface area contributed by atoms with Gasteiger partial charge in [0.2, 0.25) is 23.6 Å². The van der Waals surface area contributed by atoms with Crippen molar-refractivity contribution < 1.29 is 19.2 Å². The molecular weight excluding hydrogens is 456 g/mol. The highest BCUT2D eigenvalue weighted by molar-refractivity contribution is 5.99. The summed E-state index contributed by atoms with van der Waals surface area (Å²) in [5.74, 6) is -0.0784. The van der Waals surface area contributed by atoms with Crippen LogP contribution in [0.1, 0.15) is 81.1 Å². The highest BCUT2D eigenvalue weighted by Crippen LogP contribution is 2.18. The Balaban J connectivity index is 2.92. The van der Waals surface area contributed by atoms with Crippen molar-refractivity contribution in [3.8, 4) is 0 Å². The lowest BCUT2D eigenvalue weighted by atomic mass is 10.0. The molecule has 8 heteroatoms. The Morgan fingerprint density at radius 2 is 0.972 bits per heavy atom. The van der Waals surface area contributed by atoms with Crippen LogP contribution in [0.3, 0.4) is 0 Å². The Labute approximate surface area is 216 Å². The third kappa shape index (κ3) is 12.7. The molecule has 0 saturated heterocycles. The minimum Gasteiger partial charge on any atom is -0.344 e. The van der Waals surface area contributed by atoms with E-state index in [2.05, 4.69) is 21.3 Å². The number of nitrogens with one attached hydrogen (secondary N) is 4. The fraction of sp³-hybridized carbons (Fsp3) is 0.643. The molecule has 36 heavy (non-hydrogen) atoms. The van der Waals surface area contributed by atoms with E-state index >= 15 is 0 Å². The van der Waals surface area contributed by atoms with E-state index in [1.54, 1.807) is 24.3 Å². The van der Waals surface area contributed by atoms with Crippen molar-refractivity contribution in [2.45, 2.75) is 93.2 Å². The van der Waals surface area contributed by atoms with E-state index < -0.39 is 12.1 Å². The molecule has 0 bridgehead atoms. The van der Waals surface area contributed by atoms with Gasteiger partial charge in [0.1, 0.15) is 12.1 Å². The summed E-state index contributed by atoms with van der Waals surface area (Å²) in [5, 5.41) is 11.4. The van der Waals surface area contributed by atoms with Crippen molar-refractivity contribution in [1.82, 2.24) is 10.6 Å². The topological polar surface area (TPSA) is 116 Å². The second-order valence-electron chi connectivity index (χ2n) is 11.3. The van der Waals surface area contributed by atoms with Crippen LogP contribution in [0.2, 0.25) is 0 Å². The van der Waals surface area contributed by atoms with Gasteiger partial charge < -0.3 is 21.3 Å². The number of anilines is 2. The Bertz CT molecular complexity index is 813. The molecule has 0 radical (unpaired) electrons. The van der Waals surface area contributed by atoms with E-state index in [4.69, 9.17) is 0 Å². The van der Waals surface area contributed by atoms with E-state index in [0.717, 1.165) is 0 Å². The first-order valence-corrected chi connectivity index (χ1v) is 13.1. The van der Waals surface area contributed by atoms with Gasteiger partial charge >= 0.3 is 0 Å². The molecule has 2 atom stereocenters. The van der Waals surface area contributed by atoms with Gasteiger partial charge in [-0.1, -0.05) is 61.5 Å².